The number of Topliss-reactive ketones (excluding diaryl/α,β-unsaturated/α-hetero) is 3. The summed E-state index contributed by atoms with van der Waals surface area (Å²) >= 11 is 6.01. The van der Waals surface area contributed by atoms with E-state index in [4.69, 9.17) is 16.3 Å². The molecule has 0 aliphatic carbocycles. The van der Waals surface area contributed by atoms with Crippen molar-refractivity contribution >= 4 is 41.1 Å². The number of halogens is 1. The molecule has 1 saturated heterocycles. The maximum absolute atomic E-state index is 12.3. The van der Waals surface area contributed by atoms with Gasteiger partial charge in [0.15, 0.2) is 34.8 Å². The van der Waals surface area contributed by atoms with Crippen molar-refractivity contribution in [2.75, 3.05) is 0 Å². The summed E-state index contributed by atoms with van der Waals surface area (Å²) in [7, 11) is 0. The van der Waals surface area contributed by atoms with Gasteiger partial charge in [0.1, 0.15) is 18.2 Å². The Bertz CT molecular complexity index is 668. The minimum atomic E-state index is -3.20. The number of alkyl halides is 1. The highest BCUT2D eigenvalue weighted by Crippen LogP contribution is 2.46. The van der Waals surface area contributed by atoms with E-state index < -0.39 is 57.8 Å². The summed E-state index contributed by atoms with van der Waals surface area (Å²) in [5, 5.41) is 31.4. The van der Waals surface area contributed by atoms with Crippen molar-refractivity contribution in [2.45, 2.75) is 62.2 Å². The Hall–Kier alpha value is -1.72. The molecule has 4 N–H and O–H groups in total. The number of aldehydes is 1. The van der Waals surface area contributed by atoms with E-state index in [-0.39, 0.29) is 6.29 Å². The van der Waals surface area contributed by atoms with Gasteiger partial charge in [-0.15, -0.1) is 0 Å². The molecule has 1 rings (SSSR count). The second-order valence-electron chi connectivity index (χ2n) is 6.19. The highest BCUT2D eigenvalue weighted by atomic mass is 35.5. The van der Waals surface area contributed by atoms with Crippen LogP contribution in [0.25, 0.3) is 0 Å². The highest BCUT2D eigenvalue weighted by molar-refractivity contribution is 6.32. The van der Waals surface area contributed by atoms with E-state index in [1.165, 1.54) is 0 Å². The van der Waals surface area contributed by atoms with Crippen LogP contribution in [0, 0.1) is 0 Å². The lowest BCUT2D eigenvalue weighted by molar-refractivity contribution is -0.280. The molecule has 0 aromatic carbocycles. The molecule has 26 heavy (non-hydrogen) atoms. The van der Waals surface area contributed by atoms with Crippen LogP contribution in [0.2, 0.25) is 0 Å². The largest absolute Gasteiger partial charge is 0.382 e. The third kappa shape index (κ3) is 3.08. The Morgan fingerprint density at radius 1 is 1.08 bits per heavy atom. The molecule has 1 aliphatic rings. The molecule has 10 nitrogen and oxygen atoms in total. The smallest absolute Gasteiger partial charge is 0.221 e. The van der Waals surface area contributed by atoms with E-state index in [0.717, 1.165) is 27.7 Å². The monoisotopic (exact) mass is 393 g/mol. The Morgan fingerprint density at radius 3 is 1.85 bits per heavy atom. The van der Waals surface area contributed by atoms with Crippen molar-refractivity contribution in [2.24, 2.45) is 0 Å². The van der Waals surface area contributed by atoms with Gasteiger partial charge in [-0.2, -0.15) is 0 Å². The standard InChI is InChI=1S/C15H20ClNO9/c1-6(19)10(23)11-14(24,7(2)20)15(25,8(3)21)12(17-9(4)22)13(16,5-18)26-11/h5,10-12,23-25H,1-4H3,(H,17,22)/t10?,11-,12-,13+,14-,15-/m1/s1. The number of ether oxygens (including phenoxy) is 1. The second kappa shape index (κ2) is 7.12. The molecule has 0 aromatic heterocycles. The lowest BCUT2D eigenvalue weighted by Gasteiger charge is -2.56. The van der Waals surface area contributed by atoms with Crippen LogP contribution < -0.4 is 5.32 Å². The van der Waals surface area contributed by atoms with E-state index in [9.17, 15) is 39.3 Å². The first-order valence-corrected chi connectivity index (χ1v) is 7.83. The third-order valence-corrected chi connectivity index (χ3v) is 4.79. The van der Waals surface area contributed by atoms with Gasteiger partial charge in [-0.1, -0.05) is 11.6 Å². The van der Waals surface area contributed by atoms with Crippen molar-refractivity contribution in [1.82, 2.24) is 5.32 Å². The average Bonchev–Trinajstić information content (AvgIpc) is 2.53. The molecule has 0 saturated carbocycles. The van der Waals surface area contributed by atoms with Gasteiger partial charge in [0.25, 0.3) is 0 Å². The van der Waals surface area contributed by atoms with E-state index in [1.807, 2.05) is 5.32 Å². The van der Waals surface area contributed by atoms with Crippen LogP contribution in [0.5, 0.6) is 0 Å². The molecule has 1 heterocycles. The maximum Gasteiger partial charge on any atom is 0.221 e. The summed E-state index contributed by atoms with van der Waals surface area (Å²) in [6, 6.07) is -2.10. The van der Waals surface area contributed by atoms with Crippen molar-refractivity contribution in [1.29, 1.82) is 0 Å². The van der Waals surface area contributed by atoms with Crippen LogP contribution in [0.3, 0.4) is 0 Å². The normalized spacial score (nSPS) is 38.2. The molecule has 0 spiro atoms. The first-order chi connectivity index (χ1) is 11.7. The van der Waals surface area contributed by atoms with Crippen LogP contribution in [0.1, 0.15) is 27.7 Å². The van der Waals surface area contributed by atoms with Gasteiger partial charge < -0.3 is 25.4 Å². The fourth-order valence-corrected chi connectivity index (χ4v) is 3.33. The predicted octanol–water partition coefficient (Wildman–Crippen LogP) is -2.39. The van der Waals surface area contributed by atoms with E-state index in [2.05, 4.69) is 0 Å². The minimum Gasteiger partial charge on any atom is -0.382 e. The van der Waals surface area contributed by atoms with Gasteiger partial charge in [0.05, 0.1) is 0 Å². The molecular weight excluding hydrogens is 374 g/mol. The quantitative estimate of drug-likeness (QED) is 0.284. The van der Waals surface area contributed by atoms with Gasteiger partial charge in [0.2, 0.25) is 11.0 Å². The Labute approximate surface area is 153 Å². The predicted molar refractivity (Wildman–Crippen MR) is 85.1 cm³/mol. The fourth-order valence-electron chi connectivity index (χ4n) is 3.02. The molecule has 0 aromatic rings. The number of carbonyl (C=O) groups is 5. The average molecular weight is 394 g/mol. The molecule has 11 heteroatoms. The van der Waals surface area contributed by atoms with Crippen LogP contribution >= 0.6 is 11.6 Å². The van der Waals surface area contributed by atoms with Crippen molar-refractivity contribution in [3.63, 3.8) is 0 Å². The summed E-state index contributed by atoms with van der Waals surface area (Å²) < 4.78 is 5.11. The summed E-state index contributed by atoms with van der Waals surface area (Å²) in [5.74, 6) is -4.39. The third-order valence-electron chi connectivity index (χ3n) is 4.40. The summed E-state index contributed by atoms with van der Waals surface area (Å²) in [4.78, 5) is 59.1. The molecule has 0 bridgehead atoms. The lowest BCUT2D eigenvalue weighted by Crippen LogP contribution is -2.85. The number of ketones is 3. The molecule has 6 atom stereocenters. The Kier molecular flexibility index (Phi) is 6.11. The molecule has 1 amide bonds. The van der Waals surface area contributed by atoms with Crippen molar-refractivity contribution in [3.05, 3.63) is 0 Å². The first kappa shape index (κ1) is 22.3. The lowest BCUT2D eigenvalue weighted by atomic mass is 9.64. The number of hydrogen-bond acceptors (Lipinski definition) is 9. The summed E-state index contributed by atoms with van der Waals surface area (Å²) in [6.07, 6.45) is -4.58. The van der Waals surface area contributed by atoms with Gasteiger partial charge >= 0.3 is 0 Å². The Morgan fingerprint density at radius 2 is 1.54 bits per heavy atom. The van der Waals surface area contributed by atoms with Crippen molar-refractivity contribution < 1.29 is 44.0 Å². The summed E-state index contributed by atoms with van der Waals surface area (Å²) in [6.45, 7) is 3.39. The number of nitrogens with one attached hydrogen (secondary N) is 1. The molecular formula is C15H20ClNO9. The number of aliphatic hydroxyl groups excluding tert-OH is 1. The van der Waals surface area contributed by atoms with E-state index in [0.29, 0.717) is 0 Å². The topological polar surface area (TPSA) is 167 Å². The van der Waals surface area contributed by atoms with Gasteiger partial charge in [-0.05, 0) is 20.8 Å². The fraction of sp³-hybridized carbons (Fsp3) is 0.667. The van der Waals surface area contributed by atoms with Crippen LogP contribution in [0.4, 0.5) is 0 Å². The van der Waals surface area contributed by atoms with Crippen LogP contribution in [-0.2, 0) is 28.7 Å². The zero-order chi connectivity index (χ0) is 20.7. The molecule has 0 radical (unpaired) electrons. The Balaban J connectivity index is 3.87. The first-order valence-electron chi connectivity index (χ1n) is 7.45. The summed E-state index contributed by atoms with van der Waals surface area (Å²) in [5.41, 5.74) is -6.38. The zero-order valence-electron chi connectivity index (χ0n) is 14.5. The number of carbonyl (C=O) groups excluding carboxylic acids is 5. The number of rotatable bonds is 6. The highest BCUT2D eigenvalue weighted by Gasteiger charge is 2.75. The molecule has 1 aliphatic heterocycles. The number of amides is 1. The molecule has 146 valence electrons. The molecule has 1 unspecified atom stereocenters. The van der Waals surface area contributed by atoms with E-state index >= 15 is 0 Å². The van der Waals surface area contributed by atoms with Gasteiger partial charge in [0, 0.05) is 6.92 Å². The van der Waals surface area contributed by atoms with E-state index in [1.54, 1.807) is 0 Å². The number of hydrogen-bond donors (Lipinski definition) is 4. The second-order valence-corrected chi connectivity index (χ2v) is 6.78. The van der Waals surface area contributed by atoms with Gasteiger partial charge in [-0.25, -0.2) is 0 Å². The maximum atomic E-state index is 12.3. The van der Waals surface area contributed by atoms with Crippen LogP contribution in [-0.4, -0.2) is 79.4 Å². The van der Waals surface area contributed by atoms with Gasteiger partial charge in [-0.3, -0.25) is 24.0 Å². The minimum absolute atomic E-state index is 0.0946. The zero-order valence-corrected chi connectivity index (χ0v) is 15.2. The number of aliphatic hydroxyl groups is 3. The van der Waals surface area contributed by atoms with Crippen LogP contribution in [0.15, 0.2) is 0 Å². The molecule has 1 fully saturated rings. The van der Waals surface area contributed by atoms with Crippen molar-refractivity contribution in [3.8, 4) is 0 Å². The SMILES string of the molecule is CC(=O)N[C@H]1[C@](O)(C(C)=O)[C@@](O)(C(C)=O)[C@@H](C(O)C(C)=O)O[C@@]1(Cl)C=O.